The van der Waals surface area contributed by atoms with Crippen LogP contribution in [0.25, 0.3) is 10.8 Å². The Hall–Kier alpha value is -1.58. The predicted octanol–water partition coefficient (Wildman–Crippen LogP) is 2.78. The molecule has 2 aliphatic heterocycles. The summed E-state index contributed by atoms with van der Waals surface area (Å²) in [5.41, 5.74) is 0.785. The number of ether oxygens (including phenoxy) is 1. The molecule has 2 aromatic carbocycles. The van der Waals surface area contributed by atoms with Gasteiger partial charge in [0, 0.05) is 12.0 Å². The molecule has 4 rings (SSSR count). The van der Waals surface area contributed by atoms with E-state index in [9.17, 15) is 5.11 Å². The molecule has 1 spiro atoms. The van der Waals surface area contributed by atoms with Crippen molar-refractivity contribution in [3.8, 4) is 5.75 Å². The smallest absolute Gasteiger partial charge is 0.126 e. The normalized spacial score (nSPS) is 24.4. The van der Waals surface area contributed by atoms with Crippen LogP contribution in [0.4, 0.5) is 0 Å². The van der Waals surface area contributed by atoms with E-state index in [1.54, 1.807) is 0 Å². The molecular formula is C17H19NO2. The largest absolute Gasteiger partial charge is 0.487 e. The number of aliphatic hydroxyl groups is 1. The van der Waals surface area contributed by atoms with Crippen molar-refractivity contribution >= 4 is 10.8 Å². The van der Waals surface area contributed by atoms with Crippen LogP contribution in [0.15, 0.2) is 36.4 Å². The third-order valence-electron chi connectivity index (χ3n) is 4.67. The molecule has 0 aliphatic carbocycles. The van der Waals surface area contributed by atoms with Gasteiger partial charge >= 0.3 is 0 Å². The fraction of sp³-hybridized carbons (Fsp3) is 0.412. The molecule has 0 aromatic heterocycles. The zero-order valence-electron chi connectivity index (χ0n) is 11.4. The Kier molecular flexibility index (Phi) is 2.72. The fourth-order valence-electron chi connectivity index (χ4n) is 3.63. The lowest BCUT2D eigenvalue weighted by Crippen LogP contribution is -2.49. The van der Waals surface area contributed by atoms with E-state index in [4.69, 9.17) is 4.74 Å². The minimum Gasteiger partial charge on any atom is -0.487 e. The van der Waals surface area contributed by atoms with Gasteiger partial charge in [-0.05, 0) is 42.8 Å². The number of benzene rings is 2. The van der Waals surface area contributed by atoms with E-state index in [-0.39, 0.29) is 5.60 Å². The summed E-state index contributed by atoms with van der Waals surface area (Å²) in [5.74, 6) is 0.865. The maximum absolute atomic E-state index is 10.7. The number of hydrogen-bond acceptors (Lipinski definition) is 3. The monoisotopic (exact) mass is 269 g/mol. The van der Waals surface area contributed by atoms with E-state index in [0.29, 0.717) is 6.42 Å². The summed E-state index contributed by atoms with van der Waals surface area (Å²) >= 11 is 0. The van der Waals surface area contributed by atoms with Crippen LogP contribution in [-0.4, -0.2) is 23.8 Å². The van der Waals surface area contributed by atoms with E-state index in [1.807, 2.05) is 18.2 Å². The van der Waals surface area contributed by atoms with Crippen molar-refractivity contribution < 1.29 is 9.84 Å². The van der Waals surface area contributed by atoms with E-state index in [0.717, 1.165) is 48.0 Å². The first-order chi connectivity index (χ1) is 9.77. The second-order valence-corrected chi connectivity index (χ2v) is 5.95. The number of aliphatic hydroxyl groups excluding tert-OH is 1. The van der Waals surface area contributed by atoms with Gasteiger partial charge in [0.25, 0.3) is 0 Å². The number of fused-ring (bicyclic) bond motifs is 3. The van der Waals surface area contributed by atoms with Crippen molar-refractivity contribution in [2.45, 2.75) is 31.0 Å². The first-order valence-electron chi connectivity index (χ1n) is 7.37. The summed E-state index contributed by atoms with van der Waals surface area (Å²) in [4.78, 5) is 0. The lowest BCUT2D eigenvalue weighted by molar-refractivity contribution is -0.0328. The van der Waals surface area contributed by atoms with Crippen molar-refractivity contribution in [1.29, 1.82) is 0 Å². The second-order valence-electron chi connectivity index (χ2n) is 5.95. The summed E-state index contributed by atoms with van der Waals surface area (Å²) in [7, 11) is 0. The Bertz CT molecular complexity index is 646. The van der Waals surface area contributed by atoms with Gasteiger partial charge in [0.1, 0.15) is 11.4 Å². The molecule has 2 N–H and O–H groups in total. The van der Waals surface area contributed by atoms with Crippen molar-refractivity contribution in [3.05, 3.63) is 42.0 Å². The highest BCUT2D eigenvalue weighted by Gasteiger charge is 2.41. The molecule has 1 fully saturated rings. The fourth-order valence-corrected chi connectivity index (χ4v) is 3.63. The third-order valence-corrected chi connectivity index (χ3v) is 4.67. The Labute approximate surface area is 118 Å². The van der Waals surface area contributed by atoms with Gasteiger partial charge < -0.3 is 15.2 Å². The van der Waals surface area contributed by atoms with Gasteiger partial charge in [-0.1, -0.05) is 30.3 Å². The number of nitrogens with one attached hydrogen (secondary N) is 1. The van der Waals surface area contributed by atoms with Gasteiger partial charge in [-0.2, -0.15) is 0 Å². The van der Waals surface area contributed by atoms with E-state index in [2.05, 4.69) is 23.5 Å². The zero-order chi connectivity index (χ0) is 13.6. The van der Waals surface area contributed by atoms with Crippen molar-refractivity contribution in [2.24, 2.45) is 0 Å². The van der Waals surface area contributed by atoms with Gasteiger partial charge in [-0.15, -0.1) is 0 Å². The number of piperidine rings is 1. The quantitative estimate of drug-likeness (QED) is 0.772. The lowest BCUT2D eigenvalue weighted by Gasteiger charge is -2.43. The van der Waals surface area contributed by atoms with Crippen LogP contribution in [0, 0.1) is 0 Å². The highest BCUT2D eigenvalue weighted by molar-refractivity contribution is 5.88. The molecule has 2 aromatic rings. The Balaban J connectivity index is 1.83. The molecular weight excluding hydrogens is 250 g/mol. The second kappa shape index (κ2) is 4.47. The summed E-state index contributed by atoms with van der Waals surface area (Å²) in [6.45, 7) is 1.94. The molecule has 1 atom stereocenters. The van der Waals surface area contributed by atoms with Gasteiger partial charge in [0.05, 0.1) is 6.10 Å². The van der Waals surface area contributed by atoms with E-state index >= 15 is 0 Å². The molecule has 1 unspecified atom stereocenters. The van der Waals surface area contributed by atoms with Crippen LogP contribution in [0.1, 0.15) is 30.9 Å². The average Bonchev–Trinajstić information content (AvgIpc) is 2.47. The highest BCUT2D eigenvalue weighted by atomic mass is 16.5. The molecule has 3 heteroatoms. The molecule has 20 heavy (non-hydrogen) atoms. The van der Waals surface area contributed by atoms with Crippen molar-refractivity contribution in [3.63, 3.8) is 0 Å². The standard InChI is InChI=1S/C17H19NO2/c19-14-11-17(7-9-18-10-8-17)20-15-6-5-12-3-1-2-4-13(12)16(14)15/h1-6,14,18-19H,7-11H2. The van der Waals surface area contributed by atoms with E-state index in [1.165, 1.54) is 0 Å². The molecule has 0 bridgehead atoms. The van der Waals surface area contributed by atoms with Crippen molar-refractivity contribution in [2.75, 3.05) is 13.1 Å². The minimum atomic E-state index is -0.428. The number of rotatable bonds is 0. The van der Waals surface area contributed by atoms with Gasteiger partial charge in [-0.25, -0.2) is 0 Å². The van der Waals surface area contributed by atoms with Gasteiger partial charge in [-0.3, -0.25) is 0 Å². The maximum atomic E-state index is 10.7. The summed E-state index contributed by atoms with van der Waals surface area (Å²) in [6.07, 6.45) is 2.21. The molecule has 1 saturated heterocycles. The molecule has 104 valence electrons. The van der Waals surface area contributed by atoms with Crippen LogP contribution >= 0.6 is 0 Å². The zero-order valence-corrected chi connectivity index (χ0v) is 11.4. The molecule has 2 aliphatic rings. The molecule has 0 amide bonds. The Morgan fingerprint density at radius 1 is 1.10 bits per heavy atom. The van der Waals surface area contributed by atoms with Gasteiger partial charge in [0.15, 0.2) is 0 Å². The van der Waals surface area contributed by atoms with Crippen LogP contribution in [0.2, 0.25) is 0 Å². The van der Waals surface area contributed by atoms with Gasteiger partial charge in [0.2, 0.25) is 0 Å². The van der Waals surface area contributed by atoms with Crippen LogP contribution in [-0.2, 0) is 0 Å². The first-order valence-corrected chi connectivity index (χ1v) is 7.37. The Morgan fingerprint density at radius 2 is 1.90 bits per heavy atom. The third kappa shape index (κ3) is 1.81. The average molecular weight is 269 g/mol. The highest BCUT2D eigenvalue weighted by Crippen LogP contribution is 2.46. The summed E-state index contributed by atoms with van der Waals surface area (Å²) in [5, 5.41) is 16.3. The topological polar surface area (TPSA) is 41.5 Å². The maximum Gasteiger partial charge on any atom is 0.126 e. The van der Waals surface area contributed by atoms with E-state index < -0.39 is 6.10 Å². The summed E-state index contributed by atoms with van der Waals surface area (Å²) in [6, 6.07) is 12.3. The molecule has 0 radical (unpaired) electrons. The SMILES string of the molecule is OC1CC2(CCNCC2)Oc2ccc3ccccc3c21. The summed E-state index contributed by atoms with van der Waals surface area (Å²) < 4.78 is 6.34. The Morgan fingerprint density at radius 3 is 2.75 bits per heavy atom. The minimum absolute atomic E-state index is 0.180. The lowest BCUT2D eigenvalue weighted by atomic mass is 9.81. The first kappa shape index (κ1) is 12.2. The number of hydrogen-bond donors (Lipinski definition) is 2. The molecule has 2 heterocycles. The predicted molar refractivity (Wildman–Crippen MR) is 79.0 cm³/mol. The molecule has 0 saturated carbocycles. The van der Waals surface area contributed by atoms with Crippen LogP contribution in [0.3, 0.4) is 0 Å². The molecule has 3 nitrogen and oxygen atoms in total. The van der Waals surface area contributed by atoms with Crippen LogP contribution in [0.5, 0.6) is 5.75 Å². The van der Waals surface area contributed by atoms with Crippen LogP contribution < -0.4 is 10.1 Å². The van der Waals surface area contributed by atoms with Crippen molar-refractivity contribution in [1.82, 2.24) is 5.32 Å².